The third-order valence-corrected chi connectivity index (χ3v) is 4.84. The number of aryl methyl sites for hydroxylation is 2. The lowest BCUT2D eigenvalue weighted by molar-refractivity contribution is -0.129. The van der Waals surface area contributed by atoms with Gasteiger partial charge in [0.15, 0.2) is 5.82 Å². The van der Waals surface area contributed by atoms with Crippen molar-refractivity contribution in [3.63, 3.8) is 0 Å². The number of fused-ring (bicyclic) bond motifs is 1. The molecule has 0 aliphatic heterocycles. The number of nitrogens with one attached hydrogen (secondary N) is 2. The zero-order valence-electron chi connectivity index (χ0n) is 15.5. The molecule has 0 aliphatic carbocycles. The van der Waals surface area contributed by atoms with Crippen LogP contribution in [-0.2, 0) is 16.0 Å². The maximum atomic E-state index is 12.5. The molecule has 142 valence electrons. The van der Waals surface area contributed by atoms with Crippen LogP contribution in [0.25, 0.3) is 4.96 Å². The Morgan fingerprint density at radius 1 is 1.15 bits per heavy atom. The quantitative estimate of drug-likeness (QED) is 0.645. The number of hydrogen-bond donors (Lipinski definition) is 2. The van der Waals surface area contributed by atoms with Crippen molar-refractivity contribution in [3.8, 4) is 0 Å². The summed E-state index contributed by atoms with van der Waals surface area (Å²) in [6.45, 7) is 5.60. The van der Waals surface area contributed by atoms with Gasteiger partial charge in [-0.05, 0) is 26.3 Å². The largest absolute Gasteiger partial charge is 0.352 e. The van der Waals surface area contributed by atoms with Crippen LogP contribution in [0, 0.1) is 6.92 Å². The summed E-state index contributed by atoms with van der Waals surface area (Å²) in [7, 11) is 0. The molecule has 1 unspecified atom stereocenters. The Hall–Kier alpha value is -2.81. The average Bonchev–Trinajstić information content (AvgIpc) is 3.20. The second-order valence-corrected chi connectivity index (χ2v) is 7.55. The van der Waals surface area contributed by atoms with E-state index in [1.54, 1.807) is 4.52 Å². The lowest BCUT2D eigenvalue weighted by atomic mass is 10.1. The molecule has 27 heavy (non-hydrogen) atoms. The molecule has 0 radical (unpaired) electrons. The second kappa shape index (κ2) is 8.26. The maximum absolute atomic E-state index is 12.5. The van der Waals surface area contributed by atoms with Gasteiger partial charge in [0.05, 0.1) is 0 Å². The van der Waals surface area contributed by atoms with E-state index in [0.29, 0.717) is 17.2 Å². The molecule has 0 spiro atoms. The highest BCUT2D eigenvalue weighted by molar-refractivity contribution is 7.16. The molecule has 0 saturated heterocycles. The van der Waals surface area contributed by atoms with Gasteiger partial charge in [0.25, 0.3) is 0 Å². The smallest absolute Gasteiger partial charge is 0.247 e. The van der Waals surface area contributed by atoms with Gasteiger partial charge in [-0.1, -0.05) is 41.7 Å². The monoisotopic (exact) mass is 386 g/mol. The predicted molar refractivity (Wildman–Crippen MR) is 102 cm³/mol. The molecule has 3 aromatic rings. The fourth-order valence-electron chi connectivity index (χ4n) is 2.62. The maximum Gasteiger partial charge on any atom is 0.247 e. The van der Waals surface area contributed by atoms with E-state index >= 15 is 0 Å². The van der Waals surface area contributed by atoms with Gasteiger partial charge < -0.3 is 10.6 Å². The molecule has 2 amide bonds. The molecule has 2 aromatic heterocycles. The SMILES string of the molecule is Cc1nnc2sc(CCC(=O)NC(C(=O)NC(C)C)c3ccccc3)nn12. The van der Waals surface area contributed by atoms with Crippen LogP contribution >= 0.6 is 11.3 Å². The van der Waals surface area contributed by atoms with Gasteiger partial charge in [0.1, 0.15) is 11.0 Å². The Bertz CT molecular complexity index is 934. The summed E-state index contributed by atoms with van der Waals surface area (Å²) < 4.78 is 1.67. The van der Waals surface area contributed by atoms with Gasteiger partial charge in [-0.15, -0.1) is 10.2 Å². The number of amides is 2. The number of rotatable bonds is 7. The molecule has 2 heterocycles. The first kappa shape index (κ1) is 19.0. The van der Waals surface area contributed by atoms with Gasteiger partial charge in [0.2, 0.25) is 16.8 Å². The average molecular weight is 386 g/mol. The molecule has 1 atom stereocenters. The third kappa shape index (κ3) is 4.68. The highest BCUT2D eigenvalue weighted by Crippen LogP contribution is 2.16. The minimum atomic E-state index is -0.721. The number of carbonyl (C=O) groups is 2. The Morgan fingerprint density at radius 2 is 1.89 bits per heavy atom. The number of nitrogens with zero attached hydrogens (tertiary/aromatic N) is 4. The van der Waals surface area contributed by atoms with Gasteiger partial charge in [0, 0.05) is 18.9 Å². The molecule has 0 saturated carbocycles. The van der Waals surface area contributed by atoms with E-state index in [1.807, 2.05) is 51.1 Å². The summed E-state index contributed by atoms with van der Waals surface area (Å²) in [5, 5.41) is 18.9. The third-order valence-electron chi connectivity index (χ3n) is 3.89. The minimum absolute atomic E-state index is 0.0102. The number of aromatic nitrogens is 4. The van der Waals surface area contributed by atoms with Crippen LogP contribution in [0.15, 0.2) is 30.3 Å². The van der Waals surface area contributed by atoms with Crippen molar-refractivity contribution in [1.29, 1.82) is 0 Å². The summed E-state index contributed by atoms with van der Waals surface area (Å²) >= 11 is 1.41. The number of hydrogen-bond acceptors (Lipinski definition) is 6. The molecule has 9 heteroatoms. The Kier molecular flexibility index (Phi) is 5.80. The molecular weight excluding hydrogens is 364 g/mol. The first-order chi connectivity index (χ1) is 12.9. The fraction of sp³-hybridized carbons (Fsp3) is 0.389. The zero-order valence-corrected chi connectivity index (χ0v) is 16.3. The van der Waals surface area contributed by atoms with Crippen molar-refractivity contribution < 1.29 is 9.59 Å². The molecule has 1 aromatic carbocycles. The van der Waals surface area contributed by atoms with Crippen LogP contribution in [0.3, 0.4) is 0 Å². The standard InChI is InChI=1S/C18H22N6O2S/c1-11(2)19-17(26)16(13-7-5-4-6-8-13)20-14(25)9-10-15-23-24-12(3)21-22-18(24)27-15/h4-8,11,16H,9-10H2,1-3H3,(H,19,26)(H,20,25). The van der Waals surface area contributed by atoms with Crippen LogP contribution in [0.4, 0.5) is 0 Å². The lowest BCUT2D eigenvalue weighted by Gasteiger charge is -2.20. The highest BCUT2D eigenvalue weighted by Gasteiger charge is 2.23. The van der Waals surface area contributed by atoms with E-state index in [2.05, 4.69) is 25.9 Å². The fourth-order valence-corrected chi connectivity index (χ4v) is 3.50. The van der Waals surface area contributed by atoms with Gasteiger partial charge in [-0.25, -0.2) is 0 Å². The van der Waals surface area contributed by atoms with Gasteiger partial charge in [-0.3, -0.25) is 9.59 Å². The van der Waals surface area contributed by atoms with Crippen LogP contribution in [0.1, 0.15) is 42.7 Å². The Labute approximate surface area is 161 Å². The summed E-state index contributed by atoms with van der Waals surface area (Å²) in [6, 6.07) is 8.49. The summed E-state index contributed by atoms with van der Waals surface area (Å²) in [4.78, 5) is 25.7. The molecule has 8 nitrogen and oxygen atoms in total. The molecule has 3 rings (SSSR count). The molecule has 0 aliphatic rings. The van der Waals surface area contributed by atoms with E-state index < -0.39 is 6.04 Å². The van der Waals surface area contributed by atoms with Crippen molar-refractivity contribution in [2.45, 2.75) is 45.7 Å². The molecule has 0 fully saturated rings. The summed E-state index contributed by atoms with van der Waals surface area (Å²) in [6.07, 6.45) is 0.716. The van der Waals surface area contributed by atoms with Gasteiger partial charge >= 0.3 is 0 Å². The predicted octanol–water partition coefficient (Wildman–Crippen LogP) is 1.81. The van der Waals surface area contributed by atoms with Crippen LogP contribution in [-0.4, -0.2) is 37.7 Å². The topological polar surface area (TPSA) is 101 Å². The molecule has 2 N–H and O–H groups in total. The van der Waals surface area contributed by atoms with Gasteiger partial charge in [-0.2, -0.15) is 9.61 Å². The Morgan fingerprint density at radius 3 is 2.56 bits per heavy atom. The summed E-state index contributed by atoms with van der Waals surface area (Å²) in [5.74, 6) is 0.288. The molecule has 0 bridgehead atoms. The highest BCUT2D eigenvalue weighted by atomic mass is 32.1. The Balaban J connectivity index is 1.65. The first-order valence-corrected chi connectivity index (χ1v) is 9.58. The van der Waals surface area contributed by atoms with E-state index in [9.17, 15) is 9.59 Å². The van der Waals surface area contributed by atoms with E-state index in [4.69, 9.17) is 0 Å². The van der Waals surface area contributed by atoms with Crippen molar-refractivity contribution in [2.24, 2.45) is 0 Å². The number of carbonyl (C=O) groups excluding carboxylic acids is 2. The first-order valence-electron chi connectivity index (χ1n) is 8.76. The second-order valence-electron chi connectivity index (χ2n) is 6.51. The zero-order chi connectivity index (χ0) is 19.4. The van der Waals surface area contributed by atoms with Crippen LogP contribution in [0.5, 0.6) is 0 Å². The lowest BCUT2D eigenvalue weighted by Crippen LogP contribution is -2.42. The van der Waals surface area contributed by atoms with E-state index in [1.165, 1.54) is 11.3 Å². The number of benzene rings is 1. The molecular formula is C18H22N6O2S. The van der Waals surface area contributed by atoms with Crippen LogP contribution < -0.4 is 10.6 Å². The van der Waals surface area contributed by atoms with Crippen molar-refractivity contribution in [1.82, 2.24) is 30.4 Å². The van der Waals surface area contributed by atoms with E-state index in [0.717, 1.165) is 10.6 Å². The van der Waals surface area contributed by atoms with Crippen LogP contribution in [0.2, 0.25) is 0 Å². The summed E-state index contributed by atoms with van der Waals surface area (Å²) in [5.41, 5.74) is 0.749. The minimum Gasteiger partial charge on any atom is -0.352 e. The van der Waals surface area contributed by atoms with Crippen molar-refractivity contribution in [3.05, 3.63) is 46.7 Å². The van der Waals surface area contributed by atoms with Crippen molar-refractivity contribution in [2.75, 3.05) is 0 Å². The van der Waals surface area contributed by atoms with Crippen molar-refractivity contribution >= 4 is 28.1 Å². The van der Waals surface area contributed by atoms with E-state index in [-0.39, 0.29) is 24.3 Å². The normalized spacial score (nSPS) is 12.3.